The second kappa shape index (κ2) is 11.6. The fourth-order valence-corrected chi connectivity index (χ4v) is 9.07. The van der Waals surface area contributed by atoms with Gasteiger partial charge in [0.15, 0.2) is 0 Å². The Bertz CT molecular complexity index is 697. The number of aliphatic hydroxyl groups excluding tert-OH is 1. The van der Waals surface area contributed by atoms with Crippen molar-refractivity contribution in [1.29, 1.82) is 0 Å². The van der Waals surface area contributed by atoms with Gasteiger partial charge in [0.1, 0.15) is 0 Å². The number of hydrogen-bond donors (Lipinski definition) is 1. The molecular weight excluding hydrogens is 384 g/mol. The van der Waals surface area contributed by atoms with Crippen LogP contribution in [0.5, 0.6) is 0 Å². The van der Waals surface area contributed by atoms with E-state index in [1.165, 1.54) is 10.4 Å². The van der Waals surface area contributed by atoms with Crippen molar-refractivity contribution < 1.29 is 9.53 Å². The maximum Gasteiger partial charge on any atom is 0.261 e. The molecule has 30 heavy (non-hydrogen) atoms. The second-order valence-corrected chi connectivity index (χ2v) is 13.6. The van der Waals surface area contributed by atoms with Crippen molar-refractivity contribution in [3.8, 4) is 0 Å². The summed E-state index contributed by atoms with van der Waals surface area (Å²) in [6.45, 7) is 12.9. The van der Waals surface area contributed by atoms with E-state index >= 15 is 0 Å². The predicted molar refractivity (Wildman–Crippen MR) is 132 cm³/mol. The van der Waals surface area contributed by atoms with E-state index < -0.39 is 8.32 Å². The topological polar surface area (TPSA) is 29.5 Å². The minimum atomic E-state index is -2.49. The molecule has 0 radical (unpaired) electrons. The summed E-state index contributed by atoms with van der Waals surface area (Å²) in [4.78, 5) is 0. The third-order valence-corrected chi connectivity index (χ3v) is 11.0. The van der Waals surface area contributed by atoms with Gasteiger partial charge in [-0.1, -0.05) is 87.5 Å². The highest BCUT2D eigenvalue weighted by atomic mass is 28.4. The van der Waals surface area contributed by atoms with Crippen LogP contribution in [-0.2, 0) is 4.43 Å². The molecule has 0 aliphatic heterocycles. The van der Waals surface area contributed by atoms with Gasteiger partial charge in [0, 0.05) is 6.10 Å². The number of hydrogen-bond acceptors (Lipinski definition) is 2. The minimum Gasteiger partial charge on any atom is -0.405 e. The Balaban J connectivity index is 2.19. The van der Waals surface area contributed by atoms with E-state index in [9.17, 15) is 5.11 Å². The van der Waals surface area contributed by atoms with Crippen LogP contribution in [0.4, 0.5) is 0 Å². The first kappa shape index (κ1) is 24.6. The fourth-order valence-electron chi connectivity index (χ4n) is 4.34. The zero-order valence-corrected chi connectivity index (χ0v) is 20.3. The largest absolute Gasteiger partial charge is 0.405 e. The quantitative estimate of drug-likeness (QED) is 0.263. The lowest BCUT2D eigenvalue weighted by Gasteiger charge is -2.44. The summed E-state index contributed by atoms with van der Waals surface area (Å²) in [7, 11) is -2.49. The Morgan fingerprint density at radius 1 is 0.900 bits per heavy atom. The molecule has 0 fully saturated rings. The van der Waals surface area contributed by atoms with Crippen molar-refractivity contribution in [2.45, 2.75) is 83.5 Å². The zero-order chi connectivity index (χ0) is 22.0. The van der Waals surface area contributed by atoms with Crippen molar-refractivity contribution in [1.82, 2.24) is 0 Å². The van der Waals surface area contributed by atoms with Gasteiger partial charge in [-0.05, 0) is 60.9 Å². The number of rotatable bonds is 12. The molecule has 1 N–H and O–H groups in total. The summed E-state index contributed by atoms with van der Waals surface area (Å²) in [5, 5.41) is 12.9. The SMILES string of the molecule is C=CCCCC(O)CCC[C@@H](C)O[Si](c1ccccc1)(c1ccccc1)C(C)(C)C. The molecule has 0 saturated carbocycles. The van der Waals surface area contributed by atoms with Crippen molar-refractivity contribution in [3.63, 3.8) is 0 Å². The van der Waals surface area contributed by atoms with Crippen LogP contribution in [0.15, 0.2) is 73.3 Å². The first-order valence-corrected chi connectivity index (χ1v) is 13.3. The maximum absolute atomic E-state index is 10.2. The number of unbranched alkanes of at least 4 members (excludes halogenated alkanes) is 1. The van der Waals surface area contributed by atoms with E-state index in [1.54, 1.807) is 0 Å². The Kier molecular flexibility index (Phi) is 9.54. The van der Waals surface area contributed by atoms with E-state index in [2.05, 4.69) is 94.9 Å². The van der Waals surface area contributed by atoms with E-state index in [1.807, 2.05) is 6.08 Å². The predicted octanol–water partition coefficient (Wildman–Crippen LogP) is 5.84. The van der Waals surface area contributed by atoms with Crippen LogP contribution in [0.2, 0.25) is 5.04 Å². The van der Waals surface area contributed by atoms with Gasteiger partial charge in [-0.15, -0.1) is 6.58 Å². The van der Waals surface area contributed by atoms with Gasteiger partial charge in [0.25, 0.3) is 8.32 Å². The molecule has 0 saturated heterocycles. The smallest absolute Gasteiger partial charge is 0.261 e. The standard InChI is InChI=1S/C27H40O2Si/c1-6-7-10-17-24(28)18-15-16-23(2)29-30(27(3,4)5,25-19-11-8-12-20-25)26-21-13-9-14-22-26/h6,8-9,11-14,19-24,28H,1,7,10,15-18H2,2-5H3/t23-,24?/m1/s1. The molecule has 2 rings (SSSR count). The average molecular weight is 425 g/mol. The molecular formula is C27H40O2Si. The molecule has 2 nitrogen and oxygen atoms in total. The second-order valence-electron chi connectivity index (χ2n) is 9.40. The molecule has 0 spiro atoms. The van der Waals surface area contributed by atoms with Crippen molar-refractivity contribution in [2.24, 2.45) is 0 Å². The summed E-state index contributed by atoms with van der Waals surface area (Å²) >= 11 is 0. The third-order valence-electron chi connectivity index (χ3n) is 5.89. The summed E-state index contributed by atoms with van der Waals surface area (Å²) < 4.78 is 7.10. The van der Waals surface area contributed by atoms with Crippen molar-refractivity contribution in [2.75, 3.05) is 0 Å². The Morgan fingerprint density at radius 2 is 1.40 bits per heavy atom. The minimum absolute atomic E-state index is 0.00579. The highest BCUT2D eigenvalue weighted by Crippen LogP contribution is 2.37. The van der Waals surface area contributed by atoms with Crippen LogP contribution < -0.4 is 10.4 Å². The highest BCUT2D eigenvalue weighted by Gasteiger charge is 2.50. The molecule has 0 heterocycles. The van der Waals surface area contributed by atoms with Gasteiger partial charge in [-0.3, -0.25) is 0 Å². The van der Waals surface area contributed by atoms with Gasteiger partial charge in [0.05, 0.1) is 6.10 Å². The average Bonchev–Trinajstić information content (AvgIpc) is 2.72. The molecule has 0 aliphatic carbocycles. The lowest BCUT2D eigenvalue weighted by atomic mass is 10.0. The lowest BCUT2D eigenvalue weighted by molar-refractivity contribution is 0.137. The maximum atomic E-state index is 10.2. The van der Waals surface area contributed by atoms with Crippen LogP contribution in [0.3, 0.4) is 0 Å². The molecule has 2 aromatic carbocycles. The molecule has 0 aromatic heterocycles. The van der Waals surface area contributed by atoms with Crippen LogP contribution in [0.1, 0.15) is 66.2 Å². The first-order chi connectivity index (χ1) is 14.3. The molecule has 3 heteroatoms. The van der Waals surface area contributed by atoms with Gasteiger partial charge in [-0.25, -0.2) is 0 Å². The Hall–Kier alpha value is -1.68. The van der Waals surface area contributed by atoms with Gasteiger partial charge < -0.3 is 9.53 Å². The molecule has 1 unspecified atom stereocenters. The summed E-state index contributed by atoms with van der Waals surface area (Å²) in [6, 6.07) is 21.6. The van der Waals surface area contributed by atoms with E-state index in [0.29, 0.717) is 0 Å². The van der Waals surface area contributed by atoms with Gasteiger partial charge in [-0.2, -0.15) is 0 Å². The van der Waals surface area contributed by atoms with Gasteiger partial charge in [0.2, 0.25) is 0 Å². The van der Waals surface area contributed by atoms with Gasteiger partial charge >= 0.3 is 0 Å². The lowest BCUT2D eigenvalue weighted by Crippen LogP contribution is -2.67. The van der Waals surface area contributed by atoms with E-state index in [4.69, 9.17) is 4.43 Å². The number of allylic oxidation sites excluding steroid dienone is 1. The first-order valence-electron chi connectivity index (χ1n) is 11.4. The van der Waals surface area contributed by atoms with Crippen LogP contribution in [0, 0.1) is 0 Å². The van der Waals surface area contributed by atoms with E-state index in [-0.39, 0.29) is 17.2 Å². The van der Waals surface area contributed by atoms with Crippen molar-refractivity contribution in [3.05, 3.63) is 73.3 Å². The number of benzene rings is 2. The fraction of sp³-hybridized carbons (Fsp3) is 0.481. The summed E-state index contributed by atoms with van der Waals surface area (Å²) in [6.07, 6.45) is 7.47. The highest BCUT2D eigenvalue weighted by molar-refractivity contribution is 6.99. The number of aliphatic hydroxyl groups is 1. The normalized spacial score (nSPS) is 14.3. The molecule has 0 bridgehead atoms. The monoisotopic (exact) mass is 424 g/mol. The molecule has 164 valence electrons. The van der Waals surface area contributed by atoms with Crippen molar-refractivity contribution >= 4 is 18.7 Å². The summed E-state index contributed by atoms with van der Waals surface area (Å²) in [5.74, 6) is 0. The molecule has 2 aromatic rings. The molecule has 0 amide bonds. The van der Waals surface area contributed by atoms with E-state index in [0.717, 1.165) is 38.5 Å². The van der Waals surface area contributed by atoms with Crippen LogP contribution in [0.25, 0.3) is 0 Å². The summed E-state index contributed by atoms with van der Waals surface area (Å²) in [5.41, 5.74) is 0. The Morgan fingerprint density at radius 3 is 1.87 bits per heavy atom. The third kappa shape index (κ3) is 6.41. The zero-order valence-electron chi connectivity index (χ0n) is 19.3. The van der Waals surface area contributed by atoms with Crippen LogP contribution >= 0.6 is 0 Å². The molecule has 0 aliphatic rings. The Labute approximate surface area is 185 Å². The van der Waals surface area contributed by atoms with Crippen LogP contribution in [-0.4, -0.2) is 25.6 Å². The molecule has 2 atom stereocenters.